The number of carbonyl (C=O) groups excluding carboxylic acids is 1. The van der Waals surface area contributed by atoms with Crippen LogP contribution >= 0.6 is 0 Å². The molecule has 1 aromatic carbocycles. The molecule has 0 atom stereocenters. The predicted molar refractivity (Wildman–Crippen MR) is 109 cm³/mol. The highest BCUT2D eigenvalue weighted by Gasteiger charge is 2.22. The van der Waals surface area contributed by atoms with E-state index in [9.17, 15) is 9.59 Å². The molecule has 0 aliphatic rings. The Hall–Kier alpha value is -4.15. The lowest BCUT2D eigenvalue weighted by Crippen LogP contribution is -2.21. The summed E-state index contributed by atoms with van der Waals surface area (Å²) >= 11 is 0. The van der Waals surface area contributed by atoms with Crippen LogP contribution in [0.2, 0.25) is 0 Å². The molecule has 31 heavy (non-hydrogen) atoms. The minimum absolute atomic E-state index is 0.211. The Labute approximate surface area is 176 Å². The molecule has 0 saturated carbocycles. The first-order chi connectivity index (χ1) is 14.9. The fourth-order valence-corrected chi connectivity index (χ4v) is 3.50. The highest BCUT2D eigenvalue weighted by atomic mass is 16.5. The van der Waals surface area contributed by atoms with Crippen molar-refractivity contribution in [1.29, 1.82) is 0 Å². The average Bonchev–Trinajstić information content (AvgIpc) is 3.48. The highest BCUT2D eigenvalue weighted by Crippen LogP contribution is 2.31. The molecule has 160 valence electrons. The van der Waals surface area contributed by atoms with Gasteiger partial charge in [0.15, 0.2) is 23.1 Å². The Morgan fingerprint density at radius 3 is 2.61 bits per heavy atom. The number of ether oxygens (including phenoxy) is 2. The van der Waals surface area contributed by atoms with E-state index >= 15 is 0 Å². The van der Waals surface area contributed by atoms with Crippen LogP contribution in [0.5, 0.6) is 11.5 Å². The number of benzene rings is 1. The molecule has 4 aromatic rings. The van der Waals surface area contributed by atoms with E-state index in [1.807, 2.05) is 6.92 Å². The van der Waals surface area contributed by atoms with Gasteiger partial charge in [0.2, 0.25) is 5.95 Å². The van der Waals surface area contributed by atoms with E-state index in [4.69, 9.17) is 14.0 Å². The summed E-state index contributed by atoms with van der Waals surface area (Å²) in [5, 5.41) is 10.5. The Bertz CT molecular complexity index is 1300. The van der Waals surface area contributed by atoms with Gasteiger partial charge in [0.1, 0.15) is 6.33 Å². The van der Waals surface area contributed by atoms with Crippen LogP contribution in [-0.2, 0) is 6.54 Å². The number of Topliss-reactive ketones (excluding diaryl/α,β-unsaturated/α-hetero) is 1. The third-order valence-corrected chi connectivity index (χ3v) is 4.98. The lowest BCUT2D eigenvalue weighted by atomic mass is 10.1. The number of aromatic amines is 1. The molecule has 3 aromatic heterocycles. The van der Waals surface area contributed by atoms with Crippen LogP contribution < -0.4 is 15.2 Å². The molecule has 11 heteroatoms. The fraction of sp³-hybridized carbons (Fsp3) is 0.250. The number of rotatable bonds is 7. The van der Waals surface area contributed by atoms with Crippen molar-refractivity contribution in [1.82, 2.24) is 29.5 Å². The first-order valence-corrected chi connectivity index (χ1v) is 9.31. The smallest absolute Gasteiger partial charge is 0.442 e. The second-order valence-electron chi connectivity index (χ2n) is 6.78. The molecule has 0 unspecified atom stereocenters. The number of aryl methyl sites for hydroxylation is 1. The maximum absolute atomic E-state index is 13.1. The van der Waals surface area contributed by atoms with Gasteiger partial charge in [-0.2, -0.15) is 10.1 Å². The topological polar surface area (TPSA) is 130 Å². The van der Waals surface area contributed by atoms with Crippen molar-refractivity contribution >= 4 is 5.78 Å². The predicted octanol–water partition coefficient (Wildman–Crippen LogP) is 1.93. The van der Waals surface area contributed by atoms with Crippen LogP contribution in [0.25, 0.3) is 17.3 Å². The molecule has 4 rings (SSSR count). The molecular formula is C20H20N6O5. The molecule has 0 spiro atoms. The number of hydrogen-bond acceptors (Lipinski definition) is 8. The summed E-state index contributed by atoms with van der Waals surface area (Å²) in [4.78, 5) is 29.5. The van der Waals surface area contributed by atoms with Crippen molar-refractivity contribution < 1.29 is 18.8 Å². The molecule has 0 radical (unpaired) electrons. The SMILES string of the molecule is COc1ccc(-c2noc(=O)n2CC(=O)c2cc(C)n(-c3ncn[nH]3)c2C)cc1OC. The molecule has 0 saturated heterocycles. The maximum atomic E-state index is 13.1. The van der Waals surface area contributed by atoms with E-state index in [1.165, 1.54) is 25.1 Å². The minimum Gasteiger partial charge on any atom is -0.493 e. The van der Waals surface area contributed by atoms with Crippen molar-refractivity contribution in [3.05, 3.63) is 58.1 Å². The van der Waals surface area contributed by atoms with Gasteiger partial charge in [0.05, 0.1) is 20.8 Å². The van der Waals surface area contributed by atoms with Gasteiger partial charge in [0.25, 0.3) is 0 Å². The van der Waals surface area contributed by atoms with Crippen LogP contribution in [0.4, 0.5) is 0 Å². The van der Waals surface area contributed by atoms with E-state index in [2.05, 4.69) is 20.3 Å². The second kappa shape index (κ2) is 7.94. The number of aromatic nitrogens is 6. The number of nitrogens with one attached hydrogen (secondary N) is 1. The average molecular weight is 424 g/mol. The molecule has 0 aliphatic heterocycles. The van der Waals surface area contributed by atoms with Crippen LogP contribution in [0.3, 0.4) is 0 Å². The summed E-state index contributed by atoms with van der Waals surface area (Å²) < 4.78 is 18.4. The maximum Gasteiger partial charge on any atom is 0.442 e. The van der Waals surface area contributed by atoms with Gasteiger partial charge in [0, 0.05) is 22.5 Å². The van der Waals surface area contributed by atoms with E-state index < -0.39 is 5.76 Å². The van der Waals surface area contributed by atoms with Gasteiger partial charge in [-0.05, 0) is 38.1 Å². The molecule has 3 heterocycles. The minimum atomic E-state index is -0.734. The van der Waals surface area contributed by atoms with Gasteiger partial charge in [-0.15, -0.1) is 0 Å². The second-order valence-corrected chi connectivity index (χ2v) is 6.78. The van der Waals surface area contributed by atoms with Crippen LogP contribution in [0.15, 0.2) is 39.9 Å². The highest BCUT2D eigenvalue weighted by molar-refractivity contribution is 5.97. The van der Waals surface area contributed by atoms with Crippen LogP contribution in [-0.4, -0.2) is 49.5 Å². The van der Waals surface area contributed by atoms with Crippen LogP contribution in [0.1, 0.15) is 21.7 Å². The third-order valence-electron chi connectivity index (χ3n) is 4.98. The first-order valence-electron chi connectivity index (χ1n) is 9.31. The molecule has 0 fully saturated rings. The third kappa shape index (κ3) is 3.50. The summed E-state index contributed by atoms with van der Waals surface area (Å²) in [6, 6.07) is 6.79. The number of ketones is 1. The lowest BCUT2D eigenvalue weighted by molar-refractivity contribution is 0.0969. The van der Waals surface area contributed by atoms with Crippen LogP contribution in [0, 0.1) is 13.8 Å². The monoisotopic (exact) mass is 424 g/mol. The number of hydrogen-bond donors (Lipinski definition) is 1. The summed E-state index contributed by atoms with van der Waals surface area (Å²) in [5.74, 6) is 0.696. The largest absolute Gasteiger partial charge is 0.493 e. The van der Waals surface area contributed by atoms with E-state index in [1.54, 1.807) is 35.8 Å². The summed E-state index contributed by atoms with van der Waals surface area (Å²) in [6.07, 6.45) is 1.39. The van der Waals surface area contributed by atoms with Crippen molar-refractivity contribution in [2.24, 2.45) is 0 Å². The summed E-state index contributed by atoms with van der Waals surface area (Å²) in [5.41, 5.74) is 2.48. The van der Waals surface area contributed by atoms with Crippen molar-refractivity contribution in [3.8, 4) is 28.8 Å². The Morgan fingerprint density at radius 1 is 1.16 bits per heavy atom. The van der Waals surface area contributed by atoms with Crippen molar-refractivity contribution in [2.75, 3.05) is 14.2 Å². The van der Waals surface area contributed by atoms with Crippen molar-refractivity contribution in [3.63, 3.8) is 0 Å². The van der Waals surface area contributed by atoms with Crippen molar-refractivity contribution in [2.45, 2.75) is 20.4 Å². The quantitative estimate of drug-likeness (QED) is 0.446. The van der Waals surface area contributed by atoms with Gasteiger partial charge in [-0.1, -0.05) is 5.16 Å². The Morgan fingerprint density at radius 2 is 1.94 bits per heavy atom. The molecule has 0 amide bonds. The molecule has 11 nitrogen and oxygen atoms in total. The number of nitrogens with zero attached hydrogens (tertiary/aromatic N) is 5. The molecule has 0 aliphatic carbocycles. The van der Waals surface area contributed by atoms with E-state index in [0.717, 1.165) is 5.69 Å². The Balaban J connectivity index is 1.69. The van der Waals surface area contributed by atoms with Gasteiger partial charge < -0.3 is 9.47 Å². The molecular weight excluding hydrogens is 404 g/mol. The summed E-state index contributed by atoms with van der Waals surface area (Å²) in [6.45, 7) is 3.41. The number of methoxy groups -OCH3 is 2. The Kier molecular flexibility index (Phi) is 5.15. The number of H-pyrrole nitrogens is 1. The fourth-order valence-electron chi connectivity index (χ4n) is 3.50. The van der Waals surface area contributed by atoms with Gasteiger partial charge in [-0.3, -0.25) is 13.9 Å². The van der Waals surface area contributed by atoms with Gasteiger partial charge >= 0.3 is 5.76 Å². The molecule has 1 N–H and O–H groups in total. The zero-order valence-electron chi connectivity index (χ0n) is 17.4. The molecule has 0 bridgehead atoms. The zero-order valence-corrected chi connectivity index (χ0v) is 17.4. The normalized spacial score (nSPS) is 11.0. The lowest BCUT2D eigenvalue weighted by Gasteiger charge is -2.09. The zero-order chi connectivity index (χ0) is 22.1. The summed E-state index contributed by atoms with van der Waals surface area (Å²) in [7, 11) is 3.03. The van der Waals surface area contributed by atoms with Gasteiger partial charge in [-0.25, -0.2) is 14.5 Å². The first kappa shape index (κ1) is 20.1. The number of carbonyl (C=O) groups is 1. The van der Waals surface area contributed by atoms with E-state index in [0.29, 0.717) is 34.3 Å². The van der Waals surface area contributed by atoms with E-state index in [-0.39, 0.29) is 18.2 Å². The standard InChI is InChI=1S/C20H20N6O5/c1-11-7-14(12(2)26(11)19-21-10-22-23-19)15(27)9-25-18(24-31-20(25)28)13-5-6-16(29-3)17(8-13)30-4/h5-8,10H,9H2,1-4H3,(H,21,22,23).